The number of imide groups is 1. The molecule has 1 aliphatic carbocycles. The van der Waals surface area contributed by atoms with Gasteiger partial charge in [-0.2, -0.15) is 0 Å². The normalized spacial score (nSPS) is 24.1. The SMILES string of the molecule is COc1ncccc1C(=O)NC1CCCCC1N1C(=O)CSC1=O. The Morgan fingerprint density at radius 3 is 2.88 bits per heavy atom. The van der Waals surface area contributed by atoms with Crippen LogP contribution in [0.3, 0.4) is 0 Å². The number of hydrogen-bond donors (Lipinski definition) is 1. The molecular weight excluding hydrogens is 330 g/mol. The lowest BCUT2D eigenvalue weighted by molar-refractivity contribution is -0.127. The summed E-state index contributed by atoms with van der Waals surface area (Å²) in [5.74, 6) is -0.0307. The van der Waals surface area contributed by atoms with E-state index in [-0.39, 0.29) is 40.8 Å². The zero-order valence-corrected chi connectivity index (χ0v) is 14.2. The van der Waals surface area contributed by atoms with E-state index in [1.165, 1.54) is 12.0 Å². The summed E-state index contributed by atoms with van der Waals surface area (Å²) >= 11 is 1.03. The van der Waals surface area contributed by atoms with Crippen molar-refractivity contribution in [3.8, 4) is 5.88 Å². The summed E-state index contributed by atoms with van der Waals surface area (Å²) in [5.41, 5.74) is 0.345. The number of carbonyl (C=O) groups is 3. The number of thioether (sulfide) groups is 1. The Hall–Kier alpha value is -2.09. The summed E-state index contributed by atoms with van der Waals surface area (Å²) in [6.07, 6.45) is 4.90. The Kier molecular flexibility index (Phi) is 5.03. The Balaban J connectivity index is 1.77. The van der Waals surface area contributed by atoms with E-state index in [2.05, 4.69) is 10.3 Å². The predicted octanol–water partition coefficient (Wildman–Crippen LogP) is 1.83. The van der Waals surface area contributed by atoms with Gasteiger partial charge < -0.3 is 10.1 Å². The molecule has 2 heterocycles. The molecule has 0 radical (unpaired) electrons. The molecule has 2 unspecified atom stereocenters. The molecule has 8 heteroatoms. The fraction of sp³-hybridized carbons (Fsp3) is 0.500. The van der Waals surface area contributed by atoms with Crippen LogP contribution in [0.1, 0.15) is 36.0 Å². The van der Waals surface area contributed by atoms with Crippen LogP contribution in [-0.4, -0.2) is 51.9 Å². The summed E-state index contributed by atoms with van der Waals surface area (Å²) < 4.78 is 5.12. The van der Waals surface area contributed by atoms with E-state index in [1.54, 1.807) is 18.3 Å². The minimum Gasteiger partial charge on any atom is -0.480 e. The van der Waals surface area contributed by atoms with Crippen LogP contribution >= 0.6 is 11.8 Å². The third-order valence-electron chi connectivity index (χ3n) is 4.37. The van der Waals surface area contributed by atoms with E-state index in [0.717, 1.165) is 31.0 Å². The monoisotopic (exact) mass is 349 g/mol. The second kappa shape index (κ2) is 7.21. The van der Waals surface area contributed by atoms with Crippen LogP contribution in [0.2, 0.25) is 0 Å². The minimum absolute atomic E-state index is 0.171. The molecule has 128 valence electrons. The number of rotatable bonds is 4. The molecule has 1 saturated carbocycles. The maximum atomic E-state index is 12.6. The highest BCUT2D eigenvalue weighted by atomic mass is 32.2. The molecule has 3 rings (SSSR count). The third kappa shape index (κ3) is 3.24. The van der Waals surface area contributed by atoms with Crippen molar-refractivity contribution < 1.29 is 19.1 Å². The van der Waals surface area contributed by atoms with Gasteiger partial charge >= 0.3 is 0 Å². The molecule has 24 heavy (non-hydrogen) atoms. The molecule has 0 aromatic carbocycles. The molecule has 2 aliphatic rings. The molecule has 1 aromatic rings. The first-order chi connectivity index (χ1) is 11.6. The molecule has 0 spiro atoms. The predicted molar refractivity (Wildman–Crippen MR) is 89.0 cm³/mol. The van der Waals surface area contributed by atoms with E-state index in [9.17, 15) is 14.4 Å². The summed E-state index contributed by atoms with van der Waals surface area (Å²) in [6.45, 7) is 0. The van der Waals surface area contributed by atoms with Crippen LogP contribution in [0.4, 0.5) is 4.79 Å². The van der Waals surface area contributed by atoms with Gasteiger partial charge in [0, 0.05) is 6.20 Å². The number of pyridine rings is 1. The number of amides is 3. The van der Waals surface area contributed by atoms with Crippen molar-refractivity contribution in [2.75, 3.05) is 12.9 Å². The average molecular weight is 349 g/mol. The van der Waals surface area contributed by atoms with Gasteiger partial charge in [0.05, 0.1) is 24.9 Å². The lowest BCUT2D eigenvalue weighted by Crippen LogP contribution is -2.54. The lowest BCUT2D eigenvalue weighted by Gasteiger charge is -2.36. The van der Waals surface area contributed by atoms with E-state index in [1.807, 2.05) is 0 Å². The Bertz CT molecular complexity index is 650. The van der Waals surface area contributed by atoms with Gasteiger partial charge in [-0.25, -0.2) is 4.98 Å². The van der Waals surface area contributed by atoms with Crippen LogP contribution in [0.25, 0.3) is 0 Å². The smallest absolute Gasteiger partial charge is 0.289 e. The molecule has 3 amide bonds. The van der Waals surface area contributed by atoms with Crippen LogP contribution in [0.5, 0.6) is 5.88 Å². The summed E-state index contributed by atoms with van der Waals surface area (Å²) in [4.78, 5) is 42.0. The lowest BCUT2D eigenvalue weighted by atomic mass is 9.89. The van der Waals surface area contributed by atoms with E-state index >= 15 is 0 Å². The van der Waals surface area contributed by atoms with Crippen molar-refractivity contribution >= 4 is 28.8 Å². The van der Waals surface area contributed by atoms with Crippen molar-refractivity contribution in [2.45, 2.75) is 37.8 Å². The van der Waals surface area contributed by atoms with Crippen molar-refractivity contribution in [3.63, 3.8) is 0 Å². The fourth-order valence-corrected chi connectivity index (χ4v) is 4.01. The van der Waals surface area contributed by atoms with E-state index < -0.39 is 0 Å². The molecule has 2 fully saturated rings. The molecule has 7 nitrogen and oxygen atoms in total. The van der Waals surface area contributed by atoms with Crippen molar-refractivity contribution in [2.24, 2.45) is 0 Å². The Morgan fingerprint density at radius 2 is 2.17 bits per heavy atom. The Morgan fingerprint density at radius 1 is 1.38 bits per heavy atom. The fourth-order valence-electron chi connectivity index (χ4n) is 3.25. The zero-order chi connectivity index (χ0) is 17.1. The third-order valence-corrected chi connectivity index (χ3v) is 5.21. The second-order valence-corrected chi connectivity index (χ2v) is 6.74. The zero-order valence-electron chi connectivity index (χ0n) is 13.4. The van der Waals surface area contributed by atoms with Gasteiger partial charge in [-0.05, 0) is 25.0 Å². The van der Waals surface area contributed by atoms with E-state index in [4.69, 9.17) is 4.74 Å². The van der Waals surface area contributed by atoms with Crippen LogP contribution in [0.15, 0.2) is 18.3 Å². The largest absolute Gasteiger partial charge is 0.480 e. The number of hydrogen-bond acceptors (Lipinski definition) is 6. The quantitative estimate of drug-likeness (QED) is 0.892. The minimum atomic E-state index is -0.302. The van der Waals surface area contributed by atoms with Crippen LogP contribution < -0.4 is 10.1 Å². The van der Waals surface area contributed by atoms with Gasteiger partial charge in [-0.1, -0.05) is 24.6 Å². The summed E-state index contributed by atoms with van der Waals surface area (Å²) in [5, 5.41) is 2.75. The van der Waals surface area contributed by atoms with Gasteiger partial charge in [-0.3, -0.25) is 19.3 Å². The van der Waals surface area contributed by atoms with Gasteiger partial charge in [0.25, 0.3) is 11.1 Å². The standard InChI is InChI=1S/C16H19N3O4S/c1-23-15-10(5-4-8-17-15)14(21)18-11-6-2-3-7-12(11)19-13(20)9-24-16(19)22/h4-5,8,11-12H,2-3,6-7,9H2,1H3,(H,18,21). The highest BCUT2D eigenvalue weighted by Crippen LogP contribution is 2.30. The van der Waals surface area contributed by atoms with Crippen molar-refractivity contribution in [1.29, 1.82) is 0 Å². The number of carbonyl (C=O) groups excluding carboxylic acids is 3. The van der Waals surface area contributed by atoms with Crippen molar-refractivity contribution in [3.05, 3.63) is 23.9 Å². The number of aromatic nitrogens is 1. The van der Waals surface area contributed by atoms with Crippen LogP contribution in [-0.2, 0) is 4.79 Å². The highest BCUT2D eigenvalue weighted by molar-refractivity contribution is 8.14. The maximum absolute atomic E-state index is 12.6. The number of nitrogens with zero attached hydrogens (tertiary/aromatic N) is 2. The number of ether oxygens (including phenoxy) is 1. The van der Waals surface area contributed by atoms with Crippen molar-refractivity contribution in [1.82, 2.24) is 15.2 Å². The maximum Gasteiger partial charge on any atom is 0.289 e. The van der Waals surface area contributed by atoms with Gasteiger partial charge in [0.1, 0.15) is 5.56 Å². The second-order valence-electron chi connectivity index (χ2n) is 5.81. The molecular formula is C16H19N3O4S. The molecule has 0 bridgehead atoms. The Labute approximate surface area is 144 Å². The molecule has 1 N–H and O–H groups in total. The van der Waals surface area contributed by atoms with Gasteiger partial charge in [-0.15, -0.1) is 0 Å². The summed E-state index contributed by atoms with van der Waals surface area (Å²) in [7, 11) is 1.46. The average Bonchev–Trinajstić information content (AvgIpc) is 2.94. The number of nitrogens with one attached hydrogen (secondary N) is 1. The topological polar surface area (TPSA) is 88.6 Å². The van der Waals surface area contributed by atoms with Gasteiger partial charge in [0.2, 0.25) is 11.8 Å². The number of methoxy groups -OCH3 is 1. The molecule has 1 aliphatic heterocycles. The first-order valence-corrected chi connectivity index (χ1v) is 8.89. The molecule has 1 aromatic heterocycles. The first kappa shape index (κ1) is 16.8. The summed E-state index contributed by atoms with van der Waals surface area (Å²) in [6, 6.07) is 2.78. The molecule has 1 saturated heterocycles. The molecule has 2 atom stereocenters. The van der Waals surface area contributed by atoms with Crippen LogP contribution in [0, 0.1) is 0 Å². The first-order valence-electron chi connectivity index (χ1n) is 7.90. The highest BCUT2D eigenvalue weighted by Gasteiger charge is 2.41. The van der Waals surface area contributed by atoms with E-state index in [0.29, 0.717) is 12.0 Å². The van der Waals surface area contributed by atoms with Gasteiger partial charge in [0.15, 0.2) is 0 Å².